The number of nitrogens with one attached hydrogen (secondary N) is 1. The first kappa shape index (κ1) is 16.2. The van der Waals surface area contributed by atoms with Gasteiger partial charge in [-0.3, -0.25) is 4.79 Å². The van der Waals surface area contributed by atoms with Gasteiger partial charge in [0.2, 0.25) is 5.91 Å². The van der Waals surface area contributed by atoms with E-state index in [4.69, 9.17) is 5.73 Å². The Morgan fingerprint density at radius 3 is 2.70 bits per heavy atom. The summed E-state index contributed by atoms with van der Waals surface area (Å²) < 4.78 is 1.86. The van der Waals surface area contributed by atoms with Gasteiger partial charge in [0.1, 0.15) is 0 Å². The lowest BCUT2D eigenvalue weighted by molar-refractivity contribution is -0.116. The second-order valence-corrected chi connectivity index (χ2v) is 4.48. The summed E-state index contributed by atoms with van der Waals surface area (Å²) in [7, 11) is 0. The average Bonchev–Trinajstić information content (AvgIpc) is 2.69. The van der Waals surface area contributed by atoms with E-state index in [1.165, 1.54) is 0 Å². The highest BCUT2D eigenvalue weighted by Crippen LogP contribution is 2.16. The van der Waals surface area contributed by atoms with Crippen LogP contribution >= 0.6 is 12.4 Å². The first-order chi connectivity index (χ1) is 9.10. The maximum atomic E-state index is 11.5. The number of amides is 1. The first-order valence-electron chi connectivity index (χ1n) is 6.24. The highest BCUT2D eigenvalue weighted by atomic mass is 35.5. The lowest BCUT2D eigenvalue weighted by atomic mass is 10.2. The number of rotatable bonds is 4. The van der Waals surface area contributed by atoms with Crippen molar-refractivity contribution in [1.82, 2.24) is 9.78 Å². The molecular weight excluding hydrogens is 276 g/mol. The number of benzene rings is 1. The third-order valence-electron chi connectivity index (χ3n) is 2.76. The van der Waals surface area contributed by atoms with E-state index in [1.807, 2.05) is 48.9 Å². The summed E-state index contributed by atoms with van der Waals surface area (Å²) in [5.74, 6) is -0.0759. The van der Waals surface area contributed by atoms with E-state index >= 15 is 0 Å². The molecule has 0 fully saturated rings. The van der Waals surface area contributed by atoms with Crippen molar-refractivity contribution in [3.63, 3.8) is 0 Å². The van der Waals surface area contributed by atoms with Crippen molar-refractivity contribution in [2.24, 2.45) is 5.73 Å². The van der Waals surface area contributed by atoms with E-state index in [2.05, 4.69) is 10.4 Å². The Kier molecular flexibility index (Phi) is 5.73. The molecule has 3 N–H and O–H groups in total. The Bertz CT molecular complexity index is 595. The molecule has 0 radical (unpaired) electrons. The Morgan fingerprint density at radius 2 is 2.10 bits per heavy atom. The van der Waals surface area contributed by atoms with Gasteiger partial charge in [-0.05, 0) is 38.1 Å². The molecule has 0 unspecified atom stereocenters. The van der Waals surface area contributed by atoms with E-state index in [9.17, 15) is 4.79 Å². The molecule has 0 aliphatic heterocycles. The molecule has 5 nitrogen and oxygen atoms in total. The van der Waals surface area contributed by atoms with Crippen molar-refractivity contribution in [3.8, 4) is 5.69 Å². The Morgan fingerprint density at radius 1 is 1.35 bits per heavy atom. The fraction of sp³-hybridized carbons (Fsp3) is 0.286. The van der Waals surface area contributed by atoms with Crippen LogP contribution in [0, 0.1) is 13.8 Å². The summed E-state index contributed by atoms with van der Waals surface area (Å²) in [6, 6.07) is 9.61. The quantitative estimate of drug-likeness (QED) is 0.908. The number of aryl methyl sites for hydroxylation is 2. The number of halogens is 1. The van der Waals surface area contributed by atoms with Crippen LogP contribution in [0.4, 0.5) is 5.69 Å². The summed E-state index contributed by atoms with van der Waals surface area (Å²) in [4.78, 5) is 11.5. The van der Waals surface area contributed by atoms with Gasteiger partial charge in [-0.2, -0.15) is 5.10 Å². The molecule has 0 bridgehead atoms. The molecule has 0 spiro atoms. The van der Waals surface area contributed by atoms with E-state index < -0.39 is 0 Å². The van der Waals surface area contributed by atoms with Crippen LogP contribution in [0.25, 0.3) is 5.69 Å². The number of nitrogens with zero attached hydrogens (tertiary/aromatic N) is 2. The van der Waals surface area contributed by atoms with Crippen LogP contribution in [0.5, 0.6) is 0 Å². The zero-order valence-corrected chi connectivity index (χ0v) is 12.4. The third-order valence-corrected chi connectivity index (χ3v) is 2.76. The van der Waals surface area contributed by atoms with Crippen LogP contribution in [-0.4, -0.2) is 22.2 Å². The minimum Gasteiger partial charge on any atom is -0.330 e. The summed E-state index contributed by atoms with van der Waals surface area (Å²) in [5, 5.41) is 7.24. The molecule has 0 aliphatic carbocycles. The van der Waals surface area contributed by atoms with Crippen LogP contribution in [-0.2, 0) is 4.79 Å². The zero-order valence-electron chi connectivity index (χ0n) is 11.6. The Labute approximate surface area is 124 Å². The lowest BCUT2D eigenvalue weighted by Gasteiger charge is -2.08. The first-order valence-corrected chi connectivity index (χ1v) is 6.24. The van der Waals surface area contributed by atoms with Gasteiger partial charge in [-0.1, -0.05) is 6.07 Å². The van der Waals surface area contributed by atoms with Gasteiger partial charge in [0, 0.05) is 24.3 Å². The summed E-state index contributed by atoms with van der Waals surface area (Å²) in [6.45, 7) is 4.30. The summed E-state index contributed by atoms with van der Waals surface area (Å²) in [6.07, 6.45) is 0.324. The minimum atomic E-state index is -0.0759. The summed E-state index contributed by atoms with van der Waals surface area (Å²) >= 11 is 0. The van der Waals surface area contributed by atoms with Crippen LogP contribution in [0.15, 0.2) is 30.3 Å². The summed E-state index contributed by atoms with van der Waals surface area (Å²) in [5.41, 5.74) is 9.06. The number of anilines is 1. The van der Waals surface area contributed by atoms with Crippen LogP contribution in [0.1, 0.15) is 17.8 Å². The van der Waals surface area contributed by atoms with Gasteiger partial charge in [-0.25, -0.2) is 4.68 Å². The predicted octanol–water partition coefficient (Wildman–Crippen LogP) is 2.20. The van der Waals surface area contributed by atoms with Gasteiger partial charge in [-0.15, -0.1) is 12.4 Å². The van der Waals surface area contributed by atoms with Gasteiger partial charge >= 0.3 is 0 Å². The molecule has 1 heterocycles. The van der Waals surface area contributed by atoms with E-state index in [-0.39, 0.29) is 18.3 Å². The predicted molar refractivity (Wildman–Crippen MR) is 82.6 cm³/mol. The monoisotopic (exact) mass is 294 g/mol. The Hall–Kier alpha value is -1.85. The van der Waals surface area contributed by atoms with Crippen LogP contribution < -0.4 is 11.1 Å². The number of hydrogen-bond acceptors (Lipinski definition) is 3. The highest BCUT2D eigenvalue weighted by Gasteiger charge is 2.06. The normalized spacial score (nSPS) is 9.95. The van der Waals surface area contributed by atoms with E-state index in [0.717, 1.165) is 22.8 Å². The minimum absolute atomic E-state index is 0. The number of aromatic nitrogens is 2. The molecule has 0 saturated carbocycles. The highest BCUT2D eigenvalue weighted by molar-refractivity contribution is 5.91. The molecule has 108 valence electrons. The molecule has 0 saturated heterocycles. The molecule has 2 aromatic rings. The maximum Gasteiger partial charge on any atom is 0.225 e. The standard InChI is InChI=1S/C14H18N4O.ClH/c1-10-8-11(2)18(17-10)13-5-3-4-12(9-13)16-14(19)6-7-15;/h3-5,8-9H,6-7,15H2,1-2H3,(H,16,19);1H. The average molecular weight is 295 g/mol. The smallest absolute Gasteiger partial charge is 0.225 e. The third kappa shape index (κ3) is 3.82. The number of carbonyl (C=O) groups is 1. The number of carbonyl (C=O) groups excluding carboxylic acids is 1. The van der Waals surface area contributed by atoms with Crippen LogP contribution in [0.2, 0.25) is 0 Å². The van der Waals surface area contributed by atoms with Crippen molar-refractivity contribution in [2.75, 3.05) is 11.9 Å². The van der Waals surface area contributed by atoms with Gasteiger partial charge in [0.25, 0.3) is 0 Å². The molecule has 2 rings (SSSR count). The topological polar surface area (TPSA) is 72.9 Å². The fourth-order valence-corrected chi connectivity index (χ4v) is 1.96. The maximum absolute atomic E-state index is 11.5. The van der Waals surface area contributed by atoms with Crippen molar-refractivity contribution in [1.29, 1.82) is 0 Å². The molecule has 0 atom stereocenters. The van der Waals surface area contributed by atoms with Crippen molar-refractivity contribution < 1.29 is 4.79 Å². The number of hydrogen-bond donors (Lipinski definition) is 2. The SMILES string of the molecule is Cc1cc(C)n(-c2cccc(NC(=O)CCN)c2)n1.Cl. The largest absolute Gasteiger partial charge is 0.330 e. The molecule has 1 aromatic carbocycles. The molecule has 20 heavy (non-hydrogen) atoms. The van der Waals surface area contributed by atoms with E-state index in [1.54, 1.807) is 0 Å². The molecule has 1 aromatic heterocycles. The Balaban J connectivity index is 0.00000200. The molecule has 6 heteroatoms. The van der Waals surface area contributed by atoms with E-state index in [0.29, 0.717) is 13.0 Å². The van der Waals surface area contributed by atoms with Crippen molar-refractivity contribution in [3.05, 3.63) is 41.7 Å². The lowest BCUT2D eigenvalue weighted by Crippen LogP contribution is -2.16. The second-order valence-electron chi connectivity index (χ2n) is 4.48. The van der Waals surface area contributed by atoms with Gasteiger partial charge in [0.05, 0.1) is 11.4 Å². The molecule has 0 aliphatic rings. The zero-order chi connectivity index (χ0) is 13.8. The van der Waals surface area contributed by atoms with Crippen LogP contribution in [0.3, 0.4) is 0 Å². The van der Waals surface area contributed by atoms with Crippen molar-refractivity contribution >= 4 is 24.0 Å². The second kappa shape index (κ2) is 7.07. The van der Waals surface area contributed by atoms with Gasteiger partial charge < -0.3 is 11.1 Å². The van der Waals surface area contributed by atoms with Crippen molar-refractivity contribution in [2.45, 2.75) is 20.3 Å². The fourth-order valence-electron chi connectivity index (χ4n) is 1.96. The number of nitrogens with two attached hydrogens (primary N) is 1. The van der Waals surface area contributed by atoms with Gasteiger partial charge in [0.15, 0.2) is 0 Å². The molecule has 1 amide bonds. The molecular formula is C14H19ClN4O.